The van der Waals surface area contributed by atoms with E-state index in [4.69, 9.17) is 0 Å². The molecule has 1 N–H and O–H groups in total. The molecular weight excluding hydrogens is 390 g/mol. The summed E-state index contributed by atoms with van der Waals surface area (Å²) in [7, 11) is 1.96. The van der Waals surface area contributed by atoms with Crippen molar-refractivity contribution in [3.05, 3.63) is 35.5 Å². The van der Waals surface area contributed by atoms with Crippen molar-refractivity contribution in [2.24, 2.45) is 30.2 Å². The van der Waals surface area contributed by atoms with E-state index in [9.17, 15) is 4.79 Å². The van der Waals surface area contributed by atoms with E-state index < -0.39 is 0 Å². The van der Waals surface area contributed by atoms with Crippen molar-refractivity contribution in [1.82, 2.24) is 15.1 Å². The van der Waals surface area contributed by atoms with Gasteiger partial charge in [0.2, 0.25) is 0 Å². The topological polar surface area (TPSA) is 46.9 Å². The van der Waals surface area contributed by atoms with E-state index in [2.05, 4.69) is 41.6 Å². The first kappa shape index (κ1) is 19.0. The van der Waals surface area contributed by atoms with Crippen LogP contribution in [0.25, 0.3) is 11.3 Å². The van der Waals surface area contributed by atoms with Gasteiger partial charge in [0.15, 0.2) is 5.69 Å². The fraction of sp³-hybridized carbons (Fsp3) is 0.600. The Hall–Kier alpha value is -1.75. The Bertz CT molecular complexity index is 975. The van der Waals surface area contributed by atoms with E-state index in [1.807, 2.05) is 11.7 Å². The lowest BCUT2D eigenvalue weighted by Crippen LogP contribution is -2.49. The molecule has 4 aliphatic carbocycles. The van der Waals surface area contributed by atoms with E-state index >= 15 is 0 Å². The molecule has 0 saturated heterocycles. The fourth-order valence-corrected chi connectivity index (χ4v) is 8.76. The van der Waals surface area contributed by atoms with E-state index in [0.29, 0.717) is 11.1 Å². The van der Waals surface area contributed by atoms with Crippen LogP contribution < -0.4 is 5.32 Å². The number of hydrogen-bond acceptors (Lipinski definition) is 3. The number of nitrogens with zero attached hydrogens (tertiary/aromatic N) is 2. The summed E-state index contributed by atoms with van der Waals surface area (Å²) in [6.07, 6.45) is 9.73. The van der Waals surface area contributed by atoms with Gasteiger partial charge in [0, 0.05) is 34.9 Å². The Morgan fingerprint density at radius 3 is 2.57 bits per heavy atom. The molecule has 1 aliphatic heterocycles. The molecule has 4 nitrogen and oxygen atoms in total. The SMILES string of the molecule is C[C@H](CC12CC3CC(CC(C3)C1)C2)NC(=O)c1nn(C)c2c1CSc1ccccc1-2. The van der Waals surface area contributed by atoms with Crippen molar-refractivity contribution < 1.29 is 4.79 Å². The number of aromatic nitrogens is 2. The molecule has 4 bridgehead atoms. The maximum Gasteiger partial charge on any atom is 0.272 e. The van der Waals surface area contributed by atoms with Gasteiger partial charge in [0.05, 0.1) is 5.69 Å². The standard InChI is InChI=1S/C25H31N3OS/c1-15(10-25-11-16-7-17(12-25)9-18(8-16)13-25)26-24(29)22-20-14-30-21-6-4-3-5-19(21)23(20)28(2)27-22/h3-6,15-18H,7-14H2,1-2H3,(H,26,29)/t15-,16?,17?,18?,25?/m1/s1. The molecule has 7 rings (SSSR count). The monoisotopic (exact) mass is 421 g/mol. The average molecular weight is 422 g/mol. The molecule has 1 aromatic carbocycles. The van der Waals surface area contributed by atoms with Crippen LogP contribution in [0.5, 0.6) is 0 Å². The number of hydrogen-bond donors (Lipinski definition) is 1. The first-order chi connectivity index (χ1) is 14.5. The highest BCUT2D eigenvalue weighted by molar-refractivity contribution is 7.98. The predicted molar refractivity (Wildman–Crippen MR) is 120 cm³/mol. The van der Waals surface area contributed by atoms with Crippen LogP contribution >= 0.6 is 11.8 Å². The summed E-state index contributed by atoms with van der Waals surface area (Å²) in [4.78, 5) is 14.5. The van der Waals surface area contributed by atoms with Crippen LogP contribution in [-0.2, 0) is 12.8 Å². The Balaban J connectivity index is 1.20. The first-order valence-electron chi connectivity index (χ1n) is 11.6. The van der Waals surface area contributed by atoms with Crippen molar-refractivity contribution in [2.75, 3.05) is 0 Å². The molecule has 2 heterocycles. The number of carbonyl (C=O) groups excluding carboxylic acids is 1. The maximum atomic E-state index is 13.2. The van der Waals surface area contributed by atoms with Crippen molar-refractivity contribution in [2.45, 2.75) is 68.6 Å². The van der Waals surface area contributed by atoms with E-state index in [1.165, 1.54) is 49.0 Å². The largest absolute Gasteiger partial charge is 0.348 e. The van der Waals surface area contributed by atoms with Crippen molar-refractivity contribution in [3.63, 3.8) is 0 Å². The molecule has 5 aliphatic rings. The van der Waals surface area contributed by atoms with Crippen LogP contribution in [0.3, 0.4) is 0 Å². The molecule has 1 amide bonds. The minimum atomic E-state index is 0.00376. The molecule has 4 saturated carbocycles. The number of carbonyl (C=O) groups is 1. The van der Waals surface area contributed by atoms with Gasteiger partial charge in [0.25, 0.3) is 5.91 Å². The highest BCUT2D eigenvalue weighted by atomic mass is 32.2. The number of nitrogens with one attached hydrogen (secondary N) is 1. The molecule has 158 valence electrons. The number of benzene rings is 1. The summed E-state index contributed by atoms with van der Waals surface area (Å²) in [5, 5.41) is 8.00. The molecule has 30 heavy (non-hydrogen) atoms. The Kier molecular flexibility index (Phi) is 4.35. The number of thioether (sulfide) groups is 1. The smallest absolute Gasteiger partial charge is 0.272 e. The Morgan fingerprint density at radius 1 is 1.20 bits per heavy atom. The van der Waals surface area contributed by atoms with Gasteiger partial charge >= 0.3 is 0 Å². The van der Waals surface area contributed by atoms with Crippen LogP contribution in [0.1, 0.15) is 67.9 Å². The highest BCUT2D eigenvalue weighted by Gasteiger charge is 2.51. The summed E-state index contributed by atoms with van der Waals surface area (Å²) in [5.74, 6) is 3.69. The van der Waals surface area contributed by atoms with Crippen LogP contribution in [-0.4, -0.2) is 21.7 Å². The lowest BCUT2D eigenvalue weighted by Gasteiger charge is -2.57. The number of amides is 1. The second-order valence-electron chi connectivity index (χ2n) is 10.6. The van der Waals surface area contributed by atoms with Gasteiger partial charge < -0.3 is 5.32 Å². The van der Waals surface area contributed by atoms with Crippen molar-refractivity contribution in [3.8, 4) is 11.3 Å². The van der Waals surface area contributed by atoms with Crippen LogP contribution in [0, 0.1) is 23.2 Å². The molecule has 1 aromatic heterocycles. The second-order valence-corrected chi connectivity index (χ2v) is 11.6. The fourth-order valence-electron chi connectivity index (χ4n) is 7.69. The number of fused-ring (bicyclic) bond motifs is 3. The zero-order valence-corrected chi connectivity index (χ0v) is 18.8. The van der Waals surface area contributed by atoms with Gasteiger partial charge in [-0.25, -0.2) is 0 Å². The third-order valence-electron chi connectivity index (χ3n) is 8.16. The Labute approximate surface area is 183 Å². The van der Waals surface area contributed by atoms with E-state index in [1.54, 1.807) is 11.8 Å². The second kappa shape index (κ2) is 6.88. The summed E-state index contributed by atoms with van der Waals surface area (Å²) in [5.41, 5.74) is 4.48. The zero-order chi connectivity index (χ0) is 20.5. The van der Waals surface area contributed by atoms with Gasteiger partial charge in [-0.1, -0.05) is 18.2 Å². The van der Waals surface area contributed by atoms with Crippen LogP contribution in [0.15, 0.2) is 29.2 Å². The third kappa shape index (κ3) is 3.04. The van der Waals surface area contributed by atoms with Gasteiger partial charge in [-0.05, 0) is 81.1 Å². The molecule has 2 aromatic rings. The minimum Gasteiger partial charge on any atom is -0.348 e. The molecule has 4 fully saturated rings. The molecule has 0 radical (unpaired) electrons. The van der Waals surface area contributed by atoms with Gasteiger partial charge in [-0.2, -0.15) is 5.10 Å². The molecule has 5 heteroatoms. The van der Waals surface area contributed by atoms with Gasteiger partial charge in [-0.15, -0.1) is 11.8 Å². The molecule has 1 atom stereocenters. The average Bonchev–Trinajstić information content (AvgIpc) is 3.03. The van der Waals surface area contributed by atoms with E-state index in [-0.39, 0.29) is 11.9 Å². The Morgan fingerprint density at radius 2 is 1.87 bits per heavy atom. The number of aryl methyl sites for hydroxylation is 1. The van der Waals surface area contributed by atoms with Gasteiger partial charge in [0.1, 0.15) is 0 Å². The normalized spacial score (nSPS) is 31.9. The lowest BCUT2D eigenvalue weighted by atomic mass is 9.48. The first-order valence-corrected chi connectivity index (χ1v) is 12.6. The van der Waals surface area contributed by atoms with Gasteiger partial charge in [-0.3, -0.25) is 9.48 Å². The number of rotatable bonds is 4. The quantitative estimate of drug-likeness (QED) is 0.717. The summed E-state index contributed by atoms with van der Waals surface area (Å²) >= 11 is 1.81. The van der Waals surface area contributed by atoms with Crippen LogP contribution in [0.4, 0.5) is 0 Å². The lowest BCUT2D eigenvalue weighted by molar-refractivity contribution is -0.0607. The zero-order valence-electron chi connectivity index (χ0n) is 18.0. The minimum absolute atomic E-state index is 0.00376. The molecule has 0 unspecified atom stereocenters. The van der Waals surface area contributed by atoms with Crippen LogP contribution in [0.2, 0.25) is 0 Å². The van der Waals surface area contributed by atoms with E-state index in [0.717, 1.165) is 41.2 Å². The maximum absolute atomic E-state index is 13.2. The molecular formula is C25H31N3OS. The molecule has 0 spiro atoms. The van der Waals surface area contributed by atoms with Crippen molar-refractivity contribution >= 4 is 17.7 Å². The predicted octanol–water partition coefficient (Wildman–Crippen LogP) is 5.42. The summed E-state index contributed by atoms with van der Waals surface area (Å²) in [6, 6.07) is 8.64. The van der Waals surface area contributed by atoms with Crippen molar-refractivity contribution in [1.29, 1.82) is 0 Å². The highest BCUT2D eigenvalue weighted by Crippen LogP contribution is 2.61. The summed E-state index contributed by atoms with van der Waals surface area (Å²) < 4.78 is 1.90. The summed E-state index contributed by atoms with van der Waals surface area (Å²) in [6.45, 7) is 2.20. The third-order valence-corrected chi connectivity index (χ3v) is 9.26.